The van der Waals surface area contributed by atoms with Crippen molar-refractivity contribution in [2.45, 2.75) is 32.4 Å². The van der Waals surface area contributed by atoms with Gasteiger partial charge in [0.05, 0.1) is 0 Å². The number of hydrogen-bond donors (Lipinski definition) is 0. The summed E-state index contributed by atoms with van der Waals surface area (Å²) >= 11 is 1.89. The van der Waals surface area contributed by atoms with Crippen molar-refractivity contribution < 1.29 is 0 Å². The molecular formula is C20H26N2S. The van der Waals surface area contributed by atoms with Crippen molar-refractivity contribution in [3.63, 3.8) is 0 Å². The Bertz CT molecular complexity index is 614. The van der Waals surface area contributed by atoms with Gasteiger partial charge in [-0.1, -0.05) is 30.3 Å². The molecule has 1 saturated heterocycles. The summed E-state index contributed by atoms with van der Waals surface area (Å²) in [6.07, 6.45) is 3.96. The smallest absolute Gasteiger partial charge is 0.0327 e. The lowest BCUT2D eigenvalue weighted by Gasteiger charge is -2.36. The van der Waals surface area contributed by atoms with Crippen LogP contribution in [0.1, 0.15) is 28.8 Å². The first-order valence-corrected chi connectivity index (χ1v) is 9.78. The van der Waals surface area contributed by atoms with Gasteiger partial charge >= 0.3 is 0 Å². The lowest BCUT2D eigenvalue weighted by molar-refractivity contribution is 0.133. The molecule has 0 radical (unpaired) electrons. The molecule has 0 saturated carbocycles. The van der Waals surface area contributed by atoms with Crippen LogP contribution in [-0.4, -0.2) is 36.0 Å². The van der Waals surface area contributed by atoms with Crippen molar-refractivity contribution in [3.8, 4) is 0 Å². The molecule has 2 aliphatic heterocycles. The van der Waals surface area contributed by atoms with Crippen LogP contribution in [0.25, 0.3) is 0 Å². The molecule has 0 aliphatic carbocycles. The largest absolute Gasteiger partial charge is 0.298 e. The highest BCUT2D eigenvalue weighted by Gasteiger charge is 2.23. The van der Waals surface area contributed by atoms with Crippen molar-refractivity contribution in [3.05, 3.63) is 57.8 Å². The lowest BCUT2D eigenvalue weighted by atomic mass is 9.94. The fraction of sp³-hybridized carbons (Fsp3) is 0.500. The molecule has 3 heterocycles. The third-order valence-corrected chi connectivity index (χ3v) is 6.25. The van der Waals surface area contributed by atoms with Crippen molar-refractivity contribution >= 4 is 11.3 Å². The summed E-state index contributed by atoms with van der Waals surface area (Å²) < 4.78 is 0. The average molecular weight is 327 g/mol. The number of piperidine rings is 1. The van der Waals surface area contributed by atoms with Gasteiger partial charge in [0.2, 0.25) is 0 Å². The number of thiophene rings is 1. The summed E-state index contributed by atoms with van der Waals surface area (Å²) in [5, 5.41) is 2.19. The Balaban J connectivity index is 1.25. The molecule has 0 spiro atoms. The molecule has 23 heavy (non-hydrogen) atoms. The Morgan fingerprint density at radius 2 is 1.74 bits per heavy atom. The van der Waals surface area contributed by atoms with Crippen LogP contribution in [0.4, 0.5) is 0 Å². The van der Waals surface area contributed by atoms with Gasteiger partial charge in [-0.3, -0.25) is 9.80 Å². The summed E-state index contributed by atoms with van der Waals surface area (Å²) in [5.74, 6) is 0.889. The molecule has 122 valence electrons. The maximum atomic E-state index is 2.68. The highest BCUT2D eigenvalue weighted by molar-refractivity contribution is 7.09. The standard InChI is InChI=1S/C20H26N2S/c1-2-5-19-15-22(12-9-18(19)4-1)14-17-7-10-21(11-8-17)16-20-6-3-13-23-20/h1-6,13,17H,7-12,14-16H2. The fourth-order valence-electron chi connectivity index (χ4n) is 4.03. The summed E-state index contributed by atoms with van der Waals surface area (Å²) in [4.78, 5) is 6.83. The van der Waals surface area contributed by atoms with E-state index in [2.05, 4.69) is 51.6 Å². The zero-order valence-corrected chi connectivity index (χ0v) is 14.6. The van der Waals surface area contributed by atoms with E-state index in [4.69, 9.17) is 0 Å². The molecule has 2 aromatic rings. The van der Waals surface area contributed by atoms with E-state index in [0.717, 1.165) is 19.0 Å². The van der Waals surface area contributed by atoms with E-state index in [9.17, 15) is 0 Å². The Hall–Kier alpha value is -1.16. The molecule has 1 aromatic carbocycles. The van der Waals surface area contributed by atoms with E-state index < -0.39 is 0 Å². The Morgan fingerprint density at radius 3 is 2.52 bits per heavy atom. The van der Waals surface area contributed by atoms with E-state index >= 15 is 0 Å². The first-order valence-electron chi connectivity index (χ1n) is 8.91. The van der Waals surface area contributed by atoms with Gasteiger partial charge in [-0.2, -0.15) is 0 Å². The molecule has 0 bridgehead atoms. The zero-order valence-electron chi connectivity index (χ0n) is 13.8. The third-order valence-electron chi connectivity index (χ3n) is 5.39. The van der Waals surface area contributed by atoms with Crippen molar-refractivity contribution in [1.82, 2.24) is 9.80 Å². The predicted octanol–water partition coefficient (Wildman–Crippen LogP) is 4.02. The molecule has 1 aromatic heterocycles. The number of benzene rings is 1. The minimum atomic E-state index is 0.889. The van der Waals surface area contributed by atoms with Crippen LogP contribution in [0, 0.1) is 5.92 Å². The predicted molar refractivity (Wildman–Crippen MR) is 97.7 cm³/mol. The summed E-state index contributed by atoms with van der Waals surface area (Å²) in [5.41, 5.74) is 3.11. The van der Waals surface area contributed by atoms with E-state index in [1.54, 1.807) is 11.1 Å². The zero-order chi connectivity index (χ0) is 15.5. The molecule has 2 nitrogen and oxygen atoms in total. The van der Waals surface area contributed by atoms with Crippen LogP contribution in [0.2, 0.25) is 0 Å². The molecule has 0 unspecified atom stereocenters. The monoisotopic (exact) mass is 326 g/mol. The Labute approximate surface area is 143 Å². The van der Waals surface area contributed by atoms with Gasteiger partial charge in [-0.25, -0.2) is 0 Å². The maximum Gasteiger partial charge on any atom is 0.0327 e. The van der Waals surface area contributed by atoms with Gasteiger partial charge in [0.1, 0.15) is 0 Å². The van der Waals surface area contributed by atoms with Crippen LogP contribution in [0.5, 0.6) is 0 Å². The molecule has 0 atom stereocenters. The first kappa shape index (κ1) is 15.4. The van der Waals surface area contributed by atoms with Crippen molar-refractivity contribution in [2.75, 3.05) is 26.2 Å². The van der Waals surface area contributed by atoms with Crippen LogP contribution in [0.3, 0.4) is 0 Å². The van der Waals surface area contributed by atoms with Crippen molar-refractivity contribution in [1.29, 1.82) is 0 Å². The van der Waals surface area contributed by atoms with Crippen molar-refractivity contribution in [2.24, 2.45) is 5.92 Å². The Morgan fingerprint density at radius 1 is 0.913 bits per heavy atom. The van der Waals surface area contributed by atoms with Crippen LogP contribution in [0.15, 0.2) is 41.8 Å². The molecule has 0 N–H and O–H groups in total. The van der Waals surface area contributed by atoms with Gasteiger partial charge in [0.15, 0.2) is 0 Å². The minimum Gasteiger partial charge on any atom is -0.298 e. The average Bonchev–Trinajstić information content (AvgIpc) is 3.10. The molecule has 0 amide bonds. The first-order chi connectivity index (χ1) is 11.4. The quantitative estimate of drug-likeness (QED) is 0.837. The SMILES string of the molecule is c1csc(CN2CCC(CN3CCc4ccccc4C3)CC2)c1. The summed E-state index contributed by atoms with van der Waals surface area (Å²) in [6, 6.07) is 13.4. The van der Waals surface area contributed by atoms with Crippen LogP contribution >= 0.6 is 11.3 Å². The highest BCUT2D eigenvalue weighted by Crippen LogP contribution is 2.24. The summed E-state index contributed by atoms with van der Waals surface area (Å²) in [6.45, 7) is 7.39. The second kappa shape index (κ2) is 7.16. The van der Waals surface area contributed by atoms with Gasteiger partial charge in [-0.15, -0.1) is 11.3 Å². The Kier molecular flexibility index (Phi) is 4.79. The second-order valence-corrected chi connectivity index (χ2v) is 8.08. The summed E-state index contributed by atoms with van der Waals surface area (Å²) in [7, 11) is 0. The minimum absolute atomic E-state index is 0.889. The van der Waals surface area contributed by atoms with E-state index in [0.29, 0.717) is 0 Å². The third kappa shape index (κ3) is 3.85. The molecular weight excluding hydrogens is 300 g/mol. The van der Waals surface area contributed by atoms with Gasteiger partial charge < -0.3 is 0 Å². The second-order valence-electron chi connectivity index (χ2n) is 7.05. The van der Waals surface area contributed by atoms with Crippen LogP contribution < -0.4 is 0 Å². The molecule has 4 rings (SSSR count). The van der Waals surface area contributed by atoms with Gasteiger partial charge in [-0.05, 0) is 60.8 Å². The maximum absolute atomic E-state index is 2.68. The van der Waals surface area contributed by atoms with E-state index in [1.165, 1.54) is 50.3 Å². The van der Waals surface area contributed by atoms with Gasteiger partial charge in [0.25, 0.3) is 0 Å². The molecule has 3 heteroatoms. The number of fused-ring (bicyclic) bond motifs is 1. The fourth-order valence-corrected chi connectivity index (χ4v) is 4.77. The number of likely N-dealkylation sites (tertiary alicyclic amines) is 1. The van der Waals surface area contributed by atoms with E-state index in [-0.39, 0.29) is 0 Å². The van der Waals surface area contributed by atoms with E-state index in [1.807, 2.05) is 11.3 Å². The van der Waals surface area contributed by atoms with Gasteiger partial charge in [0, 0.05) is 31.1 Å². The molecule has 2 aliphatic rings. The van der Waals surface area contributed by atoms with Crippen LogP contribution in [-0.2, 0) is 19.5 Å². The number of rotatable bonds is 4. The number of hydrogen-bond acceptors (Lipinski definition) is 3. The lowest BCUT2D eigenvalue weighted by Crippen LogP contribution is -2.40. The highest BCUT2D eigenvalue weighted by atomic mass is 32.1. The normalized spacial score (nSPS) is 20.5. The topological polar surface area (TPSA) is 6.48 Å². The number of nitrogens with zero attached hydrogens (tertiary/aromatic N) is 2. The molecule has 1 fully saturated rings.